The summed E-state index contributed by atoms with van der Waals surface area (Å²) in [6.07, 6.45) is 4.54. The molecule has 2 aromatic rings. The van der Waals surface area contributed by atoms with E-state index < -0.39 is 0 Å². The van der Waals surface area contributed by atoms with Crippen LogP contribution < -0.4 is 10.6 Å². The van der Waals surface area contributed by atoms with Crippen molar-refractivity contribution in [1.29, 1.82) is 0 Å². The molecule has 1 fully saturated rings. The number of aliphatic imine (C=N–C) groups is 1. The number of halogens is 1. The zero-order valence-electron chi connectivity index (χ0n) is 17.0. The van der Waals surface area contributed by atoms with Gasteiger partial charge in [-0.15, -0.1) is 24.0 Å². The zero-order valence-corrected chi connectivity index (χ0v) is 19.4. The topological polar surface area (TPSA) is 72.5 Å². The lowest BCUT2D eigenvalue weighted by Crippen LogP contribution is -2.45. The van der Waals surface area contributed by atoms with E-state index in [0.717, 1.165) is 45.0 Å². The van der Waals surface area contributed by atoms with Crippen molar-refractivity contribution in [3.63, 3.8) is 0 Å². The van der Waals surface area contributed by atoms with Gasteiger partial charge < -0.3 is 20.5 Å². The number of likely N-dealkylation sites (tertiary alicyclic amines) is 1. The van der Waals surface area contributed by atoms with Crippen LogP contribution in [0.3, 0.4) is 0 Å². The van der Waals surface area contributed by atoms with Crippen LogP contribution in [0.4, 0.5) is 0 Å². The molecule has 0 aliphatic carbocycles. The van der Waals surface area contributed by atoms with Crippen molar-refractivity contribution < 1.29 is 4.79 Å². The van der Waals surface area contributed by atoms with E-state index in [0.29, 0.717) is 6.42 Å². The number of aromatic nitrogens is 1. The fraction of sp³-hybridized carbons (Fsp3) is 0.524. The van der Waals surface area contributed by atoms with Crippen molar-refractivity contribution >= 4 is 46.7 Å². The van der Waals surface area contributed by atoms with Gasteiger partial charge in [-0.25, -0.2) is 0 Å². The lowest BCUT2D eigenvalue weighted by atomic mass is 10.1. The molecular formula is C21H32IN5O. The Hall–Kier alpha value is -1.77. The van der Waals surface area contributed by atoms with Crippen molar-refractivity contribution in [2.45, 2.75) is 46.1 Å². The molecule has 1 atom stereocenters. The lowest BCUT2D eigenvalue weighted by molar-refractivity contribution is -0.129. The number of benzene rings is 1. The number of aromatic amines is 1. The van der Waals surface area contributed by atoms with E-state index in [9.17, 15) is 4.79 Å². The van der Waals surface area contributed by atoms with Crippen LogP contribution in [0.2, 0.25) is 0 Å². The van der Waals surface area contributed by atoms with Gasteiger partial charge in [0.2, 0.25) is 5.91 Å². The van der Waals surface area contributed by atoms with Crippen LogP contribution >= 0.6 is 24.0 Å². The number of hydrogen-bond acceptors (Lipinski definition) is 2. The smallest absolute Gasteiger partial charge is 0.222 e. The first-order valence-corrected chi connectivity index (χ1v) is 10.0. The first-order chi connectivity index (χ1) is 13.1. The summed E-state index contributed by atoms with van der Waals surface area (Å²) in [6.45, 7) is 9.28. The van der Waals surface area contributed by atoms with Crippen LogP contribution in [-0.4, -0.2) is 54.0 Å². The van der Waals surface area contributed by atoms with Gasteiger partial charge in [0.1, 0.15) is 0 Å². The molecule has 154 valence electrons. The van der Waals surface area contributed by atoms with Crippen LogP contribution in [0.25, 0.3) is 10.9 Å². The Morgan fingerprint density at radius 2 is 2.18 bits per heavy atom. The Morgan fingerprint density at radius 1 is 1.36 bits per heavy atom. The van der Waals surface area contributed by atoms with Gasteiger partial charge in [0.05, 0.1) is 0 Å². The molecule has 1 aliphatic rings. The first-order valence-electron chi connectivity index (χ1n) is 10.0. The molecule has 1 saturated heterocycles. The highest BCUT2D eigenvalue weighted by Crippen LogP contribution is 2.22. The molecule has 1 aromatic heterocycles. The van der Waals surface area contributed by atoms with Gasteiger partial charge in [-0.05, 0) is 43.9 Å². The third kappa shape index (κ3) is 5.40. The van der Waals surface area contributed by atoms with Gasteiger partial charge in [-0.2, -0.15) is 0 Å². The molecule has 0 bridgehead atoms. The highest BCUT2D eigenvalue weighted by atomic mass is 127. The number of carbonyl (C=O) groups excluding carboxylic acids is 1. The maximum atomic E-state index is 11.9. The highest BCUT2D eigenvalue weighted by molar-refractivity contribution is 14.0. The third-order valence-corrected chi connectivity index (χ3v) is 5.18. The molecule has 1 unspecified atom stereocenters. The summed E-state index contributed by atoms with van der Waals surface area (Å²) >= 11 is 0. The second-order valence-electron chi connectivity index (χ2n) is 7.15. The minimum Gasteiger partial charge on any atom is -0.361 e. The van der Waals surface area contributed by atoms with Crippen molar-refractivity contribution in [3.8, 4) is 0 Å². The molecule has 1 amide bonds. The summed E-state index contributed by atoms with van der Waals surface area (Å²) in [5, 5.41) is 8.13. The van der Waals surface area contributed by atoms with Gasteiger partial charge in [0, 0.05) is 55.7 Å². The van der Waals surface area contributed by atoms with Crippen LogP contribution in [0.5, 0.6) is 0 Å². The van der Waals surface area contributed by atoms with Crippen LogP contribution in [-0.2, 0) is 11.2 Å². The fourth-order valence-electron chi connectivity index (χ4n) is 3.78. The summed E-state index contributed by atoms with van der Waals surface area (Å²) in [7, 11) is 0. The van der Waals surface area contributed by atoms with Crippen LogP contribution in [0.15, 0.2) is 29.4 Å². The minimum atomic E-state index is 0. The SMILES string of the molecule is CCNC(=NCCc1c[nH]c2cccc(C)c12)NC1CCN(C(=O)CC)C1.I. The van der Waals surface area contributed by atoms with E-state index in [1.165, 1.54) is 22.0 Å². The van der Waals surface area contributed by atoms with Crippen molar-refractivity contribution in [1.82, 2.24) is 20.5 Å². The Morgan fingerprint density at radius 3 is 2.93 bits per heavy atom. The fourth-order valence-corrected chi connectivity index (χ4v) is 3.78. The van der Waals surface area contributed by atoms with Gasteiger partial charge in [0.15, 0.2) is 5.96 Å². The predicted molar refractivity (Wildman–Crippen MR) is 127 cm³/mol. The van der Waals surface area contributed by atoms with E-state index >= 15 is 0 Å². The summed E-state index contributed by atoms with van der Waals surface area (Å²) in [5.41, 5.74) is 3.79. The number of amides is 1. The van der Waals surface area contributed by atoms with Gasteiger partial charge in [0.25, 0.3) is 0 Å². The van der Waals surface area contributed by atoms with Crippen LogP contribution in [0.1, 0.15) is 37.8 Å². The van der Waals surface area contributed by atoms with Gasteiger partial charge >= 0.3 is 0 Å². The Bertz CT molecular complexity index is 816. The Kier molecular flexibility index (Phi) is 8.59. The standard InChI is InChI=1S/C21H31N5O.HI/c1-4-19(27)26-12-10-17(14-26)25-21(22-5-2)23-11-9-16-13-24-18-8-6-7-15(3)20(16)18;/h6-8,13,17,24H,4-5,9-12,14H2,1-3H3,(H2,22,23,25);1H. The van der Waals surface area contributed by atoms with E-state index in [4.69, 9.17) is 4.99 Å². The van der Waals surface area contributed by atoms with Crippen LogP contribution in [0, 0.1) is 6.92 Å². The molecule has 0 spiro atoms. The number of hydrogen-bond donors (Lipinski definition) is 3. The summed E-state index contributed by atoms with van der Waals surface area (Å²) in [5.74, 6) is 1.07. The molecule has 2 heterocycles. The number of fused-ring (bicyclic) bond motifs is 1. The number of aryl methyl sites for hydroxylation is 1. The monoisotopic (exact) mass is 497 g/mol. The summed E-state index contributed by atoms with van der Waals surface area (Å²) in [6, 6.07) is 6.62. The van der Waals surface area contributed by atoms with Gasteiger partial charge in [-0.1, -0.05) is 19.1 Å². The number of rotatable bonds is 6. The highest BCUT2D eigenvalue weighted by Gasteiger charge is 2.25. The Labute approximate surface area is 184 Å². The maximum absolute atomic E-state index is 11.9. The molecule has 3 rings (SSSR count). The first kappa shape index (κ1) is 22.5. The quantitative estimate of drug-likeness (QED) is 0.326. The van der Waals surface area contributed by atoms with E-state index in [1.807, 2.05) is 11.8 Å². The molecule has 0 saturated carbocycles. The number of H-pyrrole nitrogens is 1. The largest absolute Gasteiger partial charge is 0.361 e. The molecule has 28 heavy (non-hydrogen) atoms. The zero-order chi connectivity index (χ0) is 19.2. The third-order valence-electron chi connectivity index (χ3n) is 5.18. The van der Waals surface area contributed by atoms with E-state index in [-0.39, 0.29) is 35.9 Å². The Balaban J connectivity index is 0.00000280. The molecule has 0 radical (unpaired) electrons. The number of carbonyl (C=O) groups is 1. The van der Waals surface area contributed by atoms with E-state index in [2.05, 4.69) is 53.9 Å². The summed E-state index contributed by atoms with van der Waals surface area (Å²) in [4.78, 5) is 21.9. The molecule has 1 aliphatic heterocycles. The second kappa shape index (κ2) is 10.7. The number of nitrogens with zero attached hydrogens (tertiary/aromatic N) is 2. The van der Waals surface area contributed by atoms with Crippen molar-refractivity contribution in [2.24, 2.45) is 4.99 Å². The predicted octanol–water partition coefficient (Wildman–Crippen LogP) is 3.20. The molecular weight excluding hydrogens is 465 g/mol. The van der Waals surface area contributed by atoms with Gasteiger partial charge in [-0.3, -0.25) is 9.79 Å². The average Bonchev–Trinajstić information content (AvgIpc) is 3.29. The average molecular weight is 497 g/mol. The normalized spacial score (nSPS) is 16.9. The maximum Gasteiger partial charge on any atom is 0.222 e. The lowest BCUT2D eigenvalue weighted by Gasteiger charge is -2.18. The van der Waals surface area contributed by atoms with Crippen molar-refractivity contribution in [2.75, 3.05) is 26.2 Å². The molecule has 1 aromatic carbocycles. The van der Waals surface area contributed by atoms with Crippen molar-refractivity contribution in [3.05, 3.63) is 35.5 Å². The number of guanidine groups is 1. The molecule has 7 heteroatoms. The minimum absolute atomic E-state index is 0. The number of nitrogens with one attached hydrogen (secondary N) is 3. The molecule has 6 nitrogen and oxygen atoms in total. The summed E-state index contributed by atoms with van der Waals surface area (Å²) < 4.78 is 0. The molecule has 3 N–H and O–H groups in total. The second-order valence-corrected chi connectivity index (χ2v) is 7.15. The van der Waals surface area contributed by atoms with E-state index in [1.54, 1.807) is 0 Å².